The average Bonchev–Trinajstić information content (AvgIpc) is 2.33. The highest BCUT2D eigenvalue weighted by Crippen LogP contribution is 2.17. The van der Waals surface area contributed by atoms with Gasteiger partial charge in [0.05, 0.1) is 5.56 Å². The fourth-order valence-corrected chi connectivity index (χ4v) is 1.05. The van der Waals surface area contributed by atoms with E-state index in [9.17, 15) is 9.59 Å². The Kier molecular flexibility index (Phi) is 2.31. The molecule has 1 aromatic rings. The summed E-state index contributed by atoms with van der Waals surface area (Å²) in [5.74, 6) is -1.49. The van der Waals surface area contributed by atoms with Crippen LogP contribution in [0, 0.1) is 0 Å². The van der Waals surface area contributed by atoms with Crippen molar-refractivity contribution in [2.75, 3.05) is 0 Å². The maximum Gasteiger partial charge on any atom is 0.304 e. The molecule has 0 aromatic carbocycles. The number of hydrogen-bond acceptors (Lipinski definition) is 4. The number of carbonyl (C=O) groups is 2. The summed E-state index contributed by atoms with van der Waals surface area (Å²) in [5, 5.41) is 8.95. The van der Waals surface area contributed by atoms with Gasteiger partial charge in [0, 0.05) is 6.20 Å². The Bertz CT molecular complexity index is 345. The number of hydroxylamine groups is 2. The van der Waals surface area contributed by atoms with Gasteiger partial charge in [-0.2, -0.15) is 0 Å². The molecule has 1 N–H and O–H groups in total. The van der Waals surface area contributed by atoms with Crippen molar-refractivity contribution < 1.29 is 14.8 Å². The zero-order valence-electron chi connectivity index (χ0n) is 6.30. The SMILES string of the molecule is Cl.O=C1c2cccnc2C(=O)N1O. The van der Waals surface area contributed by atoms with E-state index in [-0.39, 0.29) is 28.7 Å². The standard InChI is InChI=1S/C7H4N2O3.ClH/c10-6-4-2-1-3-8-5(4)7(11)9(6)12;/h1-3,12H;1H. The van der Waals surface area contributed by atoms with E-state index in [1.165, 1.54) is 18.3 Å². The molecule has 6 heteroatoms. The predicted octanol–water partition coefficient (Wildman–Crippen LogP) is 0.489. The van der Waals surface area contributed by atoms with Gasteiger partial charge in [-0.15, -0.1) is 17.5 Å². The summed E-state index contributed by atoms with van der Waals surface area (Å²) in [6.45, 7) is 0. The van der Waals surface area contributed by atoms with Gasteiger partial charge in [-0.25, -0.2) is 0 Å². The van der Waals surface area contributed by atoms with Gasteiger partial charge >= 0.3 is 5.91 Å². The van der Waals surface area contributed by atoms with Crippen LogP contribution >= 0.6 is 12.4 Å². The number of halogens is 1. The van der Waals surface area contributed by atoms with Crippen molar-refractivity contribution >= 4 is 24.2 Å². The summed E-state index contributed by atoms with van der Waals surface area (Å²) >= 11 is 0. The molecule has 1 aliphatic heterocycles. The molecule has 68 valence electrons. The first kappa shape index (κ1) is 9.63. The second-order valence-electron chi connectivity index (χ2n) is 2.32. The lowest BCUT2D eigenvalue weighted by Gasteiger charge is -1.99. The highest BCUT2D eigenvalue weighted by atomic mass is 35.5. The monoisotopic (exact) mass is 200 g/mol. The van der Waals surface area contributed by atoms with Gasteiger partial charge in [0.2, 0.25) is 0 Å². The minimum Gasteiger partial charge on any atom is -0.278 e. The number of nitrogens with zero attached hydrogens (tertiary/aromatic N) is 2. The molecular weight excluding hydrogens is 196 g/mol. The Balaban J connectivity index is 0.000000845. The maximum absolute atomic E-state index is 11.0. The van der Waals surface area contributed by atoms with E-state index >= 15 is 0 Å². The molecule has 0 atom stereocenters. The van der Waals surface area contributed by atoms with Crippen LogP contribution in [0.4, 0.5) is 0 Å². The quantitative estimate of drug-likeness (QED) is 0.489. The Morgan fingerprint density at radius 3 is 2.62 bits per heavy atom. The molecule has 0 unspecified atom stereocenters. The van der Waals surface area contributed by atoms with Gasteiger partial charge < -0.3 is 0 Å². The molecule has 2 rings (SSSR count). The largest absolute Gasteiger partial charge is 0.304 e. The van der Waals surface area contributed by atoms with Crippen LogP contribution in [0.15, 0.2) is 18.3 Å². The van der Waals surface area contributed by atoms with Crippen LogP contribution in [0.2, 0.25) is 0 Å². The van der Waals surface area contributed by atoms with Crippen LogP contribution in [-0.2, 0) is 0 Å². The van der Waals surface area contributed by atoms with Crippen LogP contribution in [0.1, 0.15) is 20.8 Å². The summed E-state index contributed by atoms with van der Waals surface area (Å²) in [6.07, 6.45) is 1.39. The number of imide groups is 1. The summed E-state index contributed by atoms with van der Waals surface area (Å²) in [6, 6.07) is 2.97. The molecule has 0 fully saturated rings. The minimum atomic E-state index is -0.768. The lowest BCUT2D eigenvalue weighted by molar-refractivity contribution is -0.0329. The Labute approximate surface area is 79.4 Å². The third-order valence-electron chi connectivity index (χ3n) is 1.63. The summed E-state index contributed by atoms with van der Waals surface area (Å²) in [5.41, 5.74) is 0.148. The zero-order valence-corrected chi connectivity index (χ0v) is 7.11. The summed E-state index contributed by atoms with van der Waals surface area (Å²) in [7, 11) is 0. The van der Waals surface area contributed by atoms with Gasteiger partial charge in [-0.05, 0) is 12.1 Å². The number of hydrogen-bond donors (Lipinski definition) is 1. The Morgan fingerprint density at radius 2 is 2.00 bits per heavy atom. The predicted molar refractivity (Wildman–Crippen MR) is 43.8 cm³/mol. The highest BCUT2D eigenvalue weighted by Gasteiger charge is 2.35. The van der Waals surface area contributed by atoms with Crippen LogP contribution in [-0.4, -0.2) is 27.1 Å². The molecule has 1 aliphatic rings. The molecule has 0 saturated heterocycles. The molecule has 2 amide bonds. The van der Waals surface area contributed by atoms with Crippen LogP contribution in [0.25, 0.3) is 0 Å². The summed E-state index contributed by atoms with van der Waals surface area (Å²) < 4.78 is 0. The smallest absolute Gasteiger partial charge is 0.278 e. The first-order valence-electron chi connectivity index (χ1n) is 3.24. The first-order valence-corrected chi connectivity index (χ1v) is 3.24. The van der Waals surface area contributed by atoms with Crippen molar-refractivity contribution in [1.29, 1.82) is 0 Å². The molecule has 0 aliphatic carbocycles. The van der Waals surface area contributed by atoms with Crippen molar-refractivity contribution in [2.24, 2.45) is 0 Å². The molecule has 0 saturated carbocycles. The second-order valence-corrected chi connectivity index (χ2v) is 2.32. The lowest BCUT2D eigenvalue weighted by Crippen LogP contribution is -2.25. The third-order valence-corrected chi connectivity index (χ3v) is 1.63. The van der Waals surface area contributed by atoms with E-state index < -0.39 is 11.8 Å². The topological polar surface area (TPSA) is 70.5 Å². The number of carbonyl (C=O) groups excluding carboxylic acids is 2. The van der Waals surface area contributed by atoms with Crippen molar-refractivity contribution in [2.45, 2.75) is 0 Å². The number of aromatic nitrogens is 1. The first-order chi connectivity index (χ1) is 5.72. The number of pyridine rings is 1. The molecule has 13 heavy (non-hydrogen) atoms. The van der Waals surface area contributed by atoms with Crippen LogP contribution in [0.3, 0.4) is 0 Å². The fourth-order valence-electron chi connectivity index (χ4n) is 1.05. The van der Waals surface area contributed by atoms with Crippen molar-refractivity contribution in [3.05, 3.63) is 29.6 Å². The van der Waals surface area contributed by atoms with Crippen molar-refractivity contribution in [3.8, 4) is 0 Å². The van der Waals surface area contributed by atoms with Gasteiger partial charge in [0.15, 0.2) is 0 Å². The lowest BCUT2D eigenvalue weighted by atomic mass is 10.2. The van der Waals surface area contributed by atoms with Crippen molar-refractivity contribution in [1.82, 2.24) is 10.0 Å². The van der Waals surface area contributed by atoms with Gasteiger partial charge in [-0.1, -0.05) is 0 Å². The number of rotatable bonds is 0. The third kappa shape index (κ3) is 1.18. The van der Waals surface area contributed by atoms with Gasteiger partial charge in [0.25, 0.3) is 5.91 Å². The molecule has 1 aromatic heterocycles. The van der Waals surface area contributed by atoms with E-state index in [2.05, 4.69) is 4.98 Å². The van der Waals surface area contributed by atoms with E-state index in [0.717, 1.165) is 0 Å². The van der Waals surface area contributed by atoms with Crippen LogP contribution < -0.4 is 0 Å². The van der Waals surface area contributed by atoms with Crippen molar-refractivity contribution in [3.63, 3.8) is 0 Å². The van der Waals surface area contributed by atoms with Gasteiger partial charge in [0.1, 0.15) is 5.69 Å². The number of amides is 2. The van der Waals surface area contributed by atoms with E-state index in [0.29, 0.717) is 0 Å². The zero-order chi connectivity index (χ0) is 8.72. The van der Waals surface area contributed by atoms with E-state index in [1.54, 1.807) is 0 Å². The normalized spacial score (nSPS) is 14.1. The van der Waals surface area contributed by atoms with Crippen LogP contribution in [0.5, 0.6) is 0 Å². The molecule has 2 heterocycles. The Morgan fingerprint density at radius 1 is 1.31 bits per heavy atom. The maximum atomic E-state index is 11.0. The fraction of sp³-hybridized carbons (Fsp3) is 0. The molecule has 5 nitrogen and oxygen atoms in total. The minimum absolute atomic E-state index is 0. The molecule has 0 bridgehead atoms. The second kappa shape index (κ2) is 3.12. The molecule has 0 spiro atoms. The number of fused-ring (bicyclic) bond motifs is 1. The van der Waals surface area contributed by atoms with E-state index in [1.807, 2.05) is 0 Å². The average molecular weight is 201 g/mol. The molecular formula is C7H5ClN2O3. The highest BCUT2D eigenvalue weighted by molar-refractivity contribution is 6.19. The molecule has 0 radical (unpaired) electrons. The summed E-state index contributed by atoms with van der Waals surface area (Å²) in [4.78, 5) is 25.7. The van der Waals surface area contributed by atoms with E-state index in [4.69, 9.17) is 5.21 Å². The van der Waals surface area contributed by atoms with Gasteiger partial charge in [-0.3, -0.25) is 19.8 Å². The Hall–Kier alpha value is -1.46.